The molecule has 0 aliphatic carbocycles. The third kappa shape index (κ3) is 58.6. The maximum atomic E-state index is 12.9. The molecule has 0 saturated carbocycles. The molecule has 73 heavy (non-hydrogen) atoms. The molecule has 0 aromatic heterocycles. The number of rotatable bonds is 53. The number of carbonyl (C=O) groups excluding carboxylic acids is 3. The maximum Gasteiger partial charge on any atom is 0.306 e. The van der Waals surface area contributed by atoms with Crippen molar-refractivity contribution in [2.24, 2.45) is 0 Å². The molecule has 0 amide bonds. The molecule has 414 valence electrons. The average Bonchev–Trinajstić information content (AvgIpc) is 3.39. The van der Waals surface area contributed by atoms with Crippen LogP contribution in [0.4, 0.5) is 0 Å². The monoisotopic (exact) mass is 1010 g/mol. The van der Waals surface area contributed by atoms with Crippen molar-refractivity contribution in [2.45, 2.75) is 271 Å². The second-order valence-electron chi connectivity index (χ2n) is 19.6. The fourth-order valence-corrected chi connectivity index (χ4v) is 8.07. The lowest BCUT2D eigenvalue weighted by molar-refractivity contribution is -0.166. The van der Waals surface area contributed by atoms with Crippen LogP contribution in [-0.4, -0.2) is 37.2 Å². The molecule has 0 radical (unpaired) electrons. The minimum atomic E-state index is -0.824. The molecule has 0 aliphatic heterocycles. The van der Waals surface area contributed by atoms with Crippen molar-refractivity contribution in [3.63, 3.8) is 0 Å². The summed E-state index contributed by atoms with van der Waals surface area (Å²) in [5.41, 5.74) is 0. The zero-order valence-electron chi connectivity index (χ0n) is 47.4. The van der Waals surface area contributed by atoms with Gasteiger partial charge in [0.1, 0.15) is 13.2 Å². The van der Waals surface area contributed by atoms with Gasteiger partial charge in [-0.3, -0.25) is 14.4 Å². The van der Waals surface area contributed by atoms with Crippen LogP contribution in [0.2, 0.25) is 0 Å². The molecule has 0 aromatic carbocycles. The molecule has 0 saturated heterocycles. The van der Waals surface area contributed by atoms with Gasteiger partial charge in [-0.15, -0.1) is 0 Å². The molecule has 1 unspecified atom stereocenters. The van der Waals surface area contributed by atoms with Crippen LogP contribution >= 0.6 is 0 Å². The topological polar surface area (TPSA) is 78.9 Å². The largest absolute Gasteiger partial charge is 0.462 e. The van der Waals surface area contributed by atoms with Crippen molar-refractivity contribution in [3.8, 4) is 0 Å². The molecule has 6 heteroatoms. The van der Waals surface area contributed by atoms with Crippen molar-refractivity contribution in [1.82, 2.24) is 0 Å². The Morgan fingerprint density at radius 3 is 1.04 bits per heavy atom. The van der Waals surface area contributed by atoms with Crippen LogP contribution in [0, 0.1) is 0 Å². The Morgan fingerprint density at radius 1 is 0.301 bits per heavy atom. The van der Waals surface area contributed by atoms with Crippen molar-refractivity contribution < 1.29 is 28.6 Å². The highest BCUT2D eigenvalue weighted by molar-refractivity contribution is 5.71. The number of unbranched alkanes of at least 4 members (excludes halogenated alkanes) is 25. The van der Waals surface area contributed by atoms with E-state index in [0.29, 0.717) is 12.8 Å². The van der Waals surface area contributed by atoms with E-state index in [-0.39, 0.29) is 44.0 Å². The van der Waals surface area contributed by atoms with E-state index in [9.17, 15) is 14.4 Å². The van der Waals surface area contributed by atoms with Crippen LogP contribution in [0.1, 0.15) is 265 Å². The zero-order chi connectivity index (χ0) is 52.9. The standard InChI is InChI=1S/C67H110O6/c1-4-7-10-13-16-19-22-25-28-31-34-37-39-42-45-48-51-54-57-60-66(69)72-63-64(73-67(70)61-58-55-52-49-46-43-40-36-33-30-27-24-21-18-15-12-9-6-3)62-71-65(68)59-56-53-50-47-44-41-38-35-32-29-26-23-20-17-14-11-8-5-2/h7,10,16,18-19,21,24-25,27-28,30,33-34,36-37,40,42,45,51,54,64H,4-6,8-9,11-15,17,20,22-23,26,29,31-32,35,38-39,41,43-44,46-50,52-53,55-63H2,1-3H3/b10-7-,19-16-,21-18-,27-24-,28-25-,33-30-,37-34-,40-36-,45-42-,54-51-. The van der Waals surface area contributed by atoms with Crippen molar-refractivity contribution in [2.75, 3.05) is 13.2 Å². The van der Waals surface area contributed by atoms with Gasteiger partial charge in [-0.1, -0.05) is 284 Å². The smallest absolute Gasteiger partial charge is 0.306 e. The predicted octanol–water partition coefficient (Wildman–Crippen LogP) is 20.4. The number of allylic oxidation sites excluding steroid dienone is 20. The number of hydrogen-bond acceptors (Lipinski definition) is 6. The fourth-order valence-electron chi connectivity index (χ4n) is 8.07. The number of carbonyl (C=O) groups is 3. The van der Waals surface area contributed by atoms with Gasteiger partial charge in [0, 0.05) is 19.3 Å². The minimum absolute atomic E-state index is 0.112. The molecule has 0 spiro atoms. The second-order valence-corrected chi connectivity index (χ2v) is 19.6. The van der Waals surface area contributed by atoms with Gasteiger partial charge in [-0.25, -0.2) is 0 Å². The van der Waals surface area contributed by atoms with E-state index in [1.807, 2.05) is 6.08 Å². The van der Waals surface area contributed by atoms with Gasteiger partial charge in [0.2, 0.25) is 0 Å². The number of ether oxygens (including phenoxy) is 3. The SMILES string of the molecule is CC/C=C\C/C=C\C/C=C\C/C=C\C/C=C\C/C=C\CCC(=O)OCC(COC(=O)CCCCCCCCCCCCCCCCCCCC)OC(=O)CCCCCCC\C=C/C=C\C=C/C=C\CCCCC. The first-order valence-electron chi connectivity index (χ1n) is 30.1. The third-order valence-corrected chi connectivity index (χ3v) is 12.6. The van der Waals surface area contributed by atoms with Gasteiger partial charge < -0.3 is 14.2 Å². The van der Waals surface area contributed by atoms with Gasteiger partial charge in [0.05, 0.1) is 0 Å². The Morgan fingerprint density at radius 2 is 0.616 bits per heavy atom. The Kier molecular flexibility index (Phi) is 56.9. The van der Waals surface area contributed by atoms with Crippen LogP contribution < -0.4 is 0 Å². The number of esters is 3. The number of hydrogen-bond donors (Lipinski definition) is 0. The Labute approximate surface area is 450 Å². The van der Waals surface area contributed by atoms with E-state index in [2.05, 4.69) is 136 Å². The van der Waals surface area contributed by atoms with Gasteiger partial charge in [0.15, 0.2) is 6.10 Å². The Balaban J connectivity index is 4.54. The van der Waals surface area contributed by atoms with E-state index < -0.39 is 6.10 Å². The summed E-state index contributed by atoms with van der Waals surface area (Å²) in [6, 6.07) is 0. The third-order valence-electron chi connectivity index (χ3n) is 12.6. The van der Waals surface area contributed by atoms with Crippen LogP contribution in [0.25, 0.3) is 0 Å². The Hall–Kier alpha value is -4.19. The quantitative estimate of drug-likeness (QED) is 0.0199. The molecule has 0 aromatic rings. The first-order chi connectivity index (χ1) is 36.0. The molecule has 0 aliphatic rings. The van der Waals surface area contributed by atoms with E-state index in [1.165, 1.54) is 116 Å². The summed E-state index contributed by atoms with van der Waals surface area (Å²) in [4.78, 5) is 38.2. The van der Waals surface area contributed by atoms with Crippen molar-refractivity contribution in [3.05, 3.63) is 122 Å². The summed E-state index contributed by atoms with van der Waals surface area (Å²) in [5, 5.41) is 0. The summed E-state index contributed by atoms with van der Waals surface area (Å²) < 4.78 is 16.8. The fraction of sp³-hybridized carbons (Fsp3) is 0.657. The zero-order valence-corrected chi connectivity index (χ0v) is 47.4. The first kappa shape index (κ1) is 68.8. The molecular formula is C67H110O6. The maximum absolute atomic E-state index is 12.9. The molecule has 0 N–H and O–H groups in total. The summed E-state index contributed by atoms with van der Waals surface area (Å²) in [6.45, 7) is 6.42. The molecule has 0 fully saturated rings. The minimum Gasteiger partial charge on any atom is -0.462 e. The second kappa shape index (κ2) is 60.4. The van der Waals surface area contributed by atoms with Crippen LogP contribution in [0.15, 0.2) is 122 Å². The van der Waals surface area contributed by atoms with Gasteiger partial charge in [0.25, 0.3) is 0 Å². The highest BCUT2D eigenvalue weighted by Crippen LogP contribution is 2.16. The van der Waals surface area contributed by atoms with Crippen LogP contribution in [0.5, 0.6) is 0 Å². The normalized spacial score (nSPS) is 13.0. The van der Waals surface area contributed by atoms with Gasteiger partial charge >= 0.3 is 17.9 Å². The average molecular weight is 1010 g/mol. The molecule has 0 bridgehead atoms. The Bertz CT molecular complexity index is 1540. The molecule has 1 atom stereocenters. The molecule has 6 nitrogen and oxygen atoms in total. The molecule has 0 heterocycles. The summed E-state index contributed by atoms with van der Waals surface area (Å²) in [5.74, 6) is -1.02. The van der Waals surface area contributed by atoms with Crippen molar-refractivity contribution in [1.29, 1.82) is 0 Å². The van der Waals surface area contributed by atoms with Crippen LogP contribution in [0.3, 0.4) is 0 Å². The van der Waals surface area contributed by atoms with Crippen molar-refractivity contribution >= 4 is 17.9 Å². The summed E-state index contributed by atoms with van der Waals surface area (Å²) >= 11 is 0. The summed E-state index contributed by atoms with van der Waals surface area (Å²) in [7, 11) is 0. The lowest BCUT2D eigenvalue weighted by Crippen LogP contribution is -2.30. The highest BCUT2D eigenvalue weighted by atomic mass is 16.6. The van der Waals surface area contributed by atoms with Crippen LogP contribution in [-0.2, 0) is 28.6 Å². The predicted molar refractivity (Wildman–Crippen MR) is 316 cm³/mol. The molecular weight excluding hydrogens is 901 g/mol. The molecule has 0 rings (SSSR count). The highest BCUT2D eigenvalue weighted by Gasteiger charge is 2.19. The van der Waals surface area contributed by atoms with E-state index in [4.69, 9.17) is 14.2 Å². The van der Waals surface area contributed by atoms with Gasteiger partial charge in [-0.2, -0.15) is 0 Å². The lowest BCUT2D eigenvalue weighted by Gasteiger charge is -2.18. The first-order valence-corrected chi connectivity index (χ1v) is 30.1. The lowest BCUT2D eigenvalue weighted by atomic mass is 10.0. The summed E-state index contributed by atoms with van der Waals surface area (Å²) in [6.07, 6.45) is 83.4. The van der Waals surface area contributed by atoms with E-state index in [1.54, 1.807) is 0 Å². The van der Waals surface area contributed by atoms with E-state index >= 15 is 0 Å². The van der Waals surface area contributed by atoms with E-state index in [0.717, 1.165) is 103 Å². The van der Waals surface area contributed by atoms with Gasteiger partial charge in [-0.05, 0) is 83.5 Å².